The van der Waals surface area contributed by atoms with Gasteiger partial charge in [-0.05, 0) is 57.1 Å². The van der Waals surface area contributed by atoms with Crippen LogP contribution >= 0.6 is 11.6 Å². The number of aryl methyl sites for hydroxylation is 1. The summed E-state index contributed by atoms with van der Waals surface area (Å²) in [5, 5.41) is 7.26. The van der Waals surface area contributed by atoms with Gasteiger partial charge in [-0.3, -0.25) is 9.69 Å². The second kappa shape index (κ2) is 10.1. The monoisotopic (exact) mass is 468 g/mol. The van der Waals surface area contributed by atoms with E-state index in [-0.39, 0.29) is 22.4 Å². The van der Waals surface area contributed by atoms with E-state index in [0.717, 1.165) is 24.2 Å². The highest BCUT2D eigenvalue weighted by atomic mass is 35.5. The lowest BCUT2D eigenvalue weighted by Gasteiger charge is -2.30. The number of amides is 1. The molecule has 2 aromatic carbocycles. The van der Waals surface area contributed by atoms with Crippen molar-refractivity contribution in [1.29, 1.82) is 0 Å². The predicted octanol–water partition coefficient (Wildman–Crippen LogP) is 4.34. The highest BCUT2D eigenvalue weighted by molar-refractivity contribution is 6.33. The van der Waals surface area contributed by atoms with Crippen LogP contribution in [0.3, 0.4) is 0 Å². The van der Waals surface area contributed by atoms with Crippen molar-refractivity contribution in [2.75, 3.05) is 25.5 Å². The number of anilines is 1. The van der Waals surface area contributed by atoms with E-state index in [9.17, 15) is 9.59 Å². The fraction of sp³-hybridized carbons (Fsp3) is 0.333. The molecule has 33 heavy (non-hydrogen) atoms. The average Bonchev–Trinajstić information content (AvgIpc) is 3.29. The van der Waals surface area contributed by atoms with E-state index in [1.807, 2.05) is 31.2 Å². The van der Waals surface area contributed by atoms with Crippen molar-refractivity contribution < 1.29 is 18.8 Å². The summed E-state index contributed by atoms with van der Waals surface area (Å²) in [6.45, 7) is 4.06. The first kappa shape index (κ1) is 22.9. The third-order valence-electron chi connectivity index (χ3n) is 5.70. The van der Waals surface area contributed by atoms with Gasteiger partial charge in [0.25, 0.3) is 0 Å². The molecule has 1 aliphatic heterocycles. The van der Waals surface area contributed by atoms with Gasteiger partial charge in [-0.2, -0.15) is 4.98 Å². The molecule has 172 valence electrons. The molecule has 9 heteroatoms. The number of piperidine rings is 1. The number of ether oxygens (including phenoxy) is 1. The molecule has 0 atom stereocenters. The number of benzene rings is 2. The van der Waals surface area contributed by atoms with Crippen LogP contribution in [0.1, 0.15) is 34.7 Å². The Hall–Kier alpha value is -3.23. The maximum Gasteiger partial charge on any atom is 0.339 e. The standard InChI is InChI=1S/C24H25ClN4O4/c1-15-4-3-5-17(12-15)22-27-21(33-28-22)14-29-10-8-16(9-11-29)23(30)26-18-6-7-20(25)19(13-18)24(31)32-2/h3-7,12-13,16H,8-11,14H2,1-2H3,(H,26,30). The smallest absolute Gasteiger partial charge is 0.339 e. The Morgan fingerprint density at radius 2 is 2.00 bits per heavy atom. The minimum atomic E-state index is -0.545. The predicted molar refractivity (Wildman–Crippen MR) is 124 cm³/mol. The van der Waals surface area contributed by atoms with E-state index in [0.29, 0.717) is 36.8 Å². The van der Waals surface area contributed by atoms with E-state index >= 15 is 0 Å². The van der Waals surface area contributed by atoms with E-state index in [1.165, 1.54) is 13.2 Å². The van der Waals surface area contributed by atoms with Gasteiger partial charge >= 0.3 is 5.97 Å². The zero-order valence-corrected chi connectivity index (χ0v) is 19.3. The van der Waals surface area contributed by atoms with Crippen molar-refractivity contribution in [3.63, 3.8) is 0 Å². The molecule has 0 aliphatic carbocycles. The molecule has 1 fully saturated rings. The van der Waals surface area contributed by atoms with E-state index in [2.05, 4.69) is 20.4 Å². The molecular formula is C24H25ClN4O4. The number of carbonyl (C=O) groups is 2. The number of hydrogen-bond donors (Lipinski definition) is 1. The molecule has 1 saturated heterocycles. The van der Waals surface area contributed by atoms with E-state index in [4.69, 9.17) is 20.9 Å². The number of halogens is 1. The minimum absolute atomic E-state index is 0.0766. The molecule has 0 spiro atoms. The second-order valence-electron chi connectivity index (χ2n) is 8.11. The summed E-state index contributed by atoms with van der Waals surface area (Å²) in [5.74, 6) is 0.399. The van der Waals surface area contributed by atoms with Crippen molar-refractivity contribution in [3.05, 3.63) is 64.5 Å². The fourth-order valence-electron chi connectivity index (χ4n) is 3.88. The molecule has 0 bridgehead atoms. The number of nitrogens with one attached hydrogen (secondary N) is 1. The van der Waals surface area contributed by atoms with Crippen molar-refractivity contribution in [1.82, 2.24) is 15.0 Å². The molecule has 3 aromatic rings. The topological polar surface area (TPSA) is 97.6 Å². The first-order valence-corrected chi connectivity index (χ1v) is 11.1. The van der Waals surface area contributed by atoms with Gasteiger partial charge in [0.2, 0.25) is 17.6 Å². The first-order valence-electron chi connectivity index (χ1n) is 10.7. The number of likely N-dealkylation sites (tertiary alicyclic amines) is 1. The summed E-state index contributed by atoms with van der Waals surface area (Å²) in [6.07, 6.45) is 1.42. The zero-order chi connectivity index (χ0) is 23.4. The van der Waals surface area contributed by atoms with Gasteiger partial charge in [0.15, 0.2) is 0 Å². The molecule has 8 nitrogen and oxygen atoms in total. The van der Waals surface area contributed by atoms with Crippen LogP contribution in [0.5, 0.6) is 0 Å². The van der Waals surface area contributed by atoms with Crippen LogP contribution in [0.25, 0.3) is 11.4 Å². The van der Waals surface area contributed by atoms with Crippen molar-refractivity contribution in [3.8, 4) is 11.4 Å². The van der Waals surface area contributed by atoms with Gasteiger partial charge in [0.1, 0.15) is 0 Å². The number of esters is 1. The first-order chi connectivity index (χ1) is 15.9. The molecule has 2 heterocycles. The van der Waals surface area contributed by atoms with Gasteiger partial charge in [-0.1, -0.05) is 40.5 Å². The number of hydrogen-bond acceptors (Lipinski definition) is 7. The molecule has 1 aliphatic rings. The average molecular weight is 469 g/mol. The summed E-state index contributed by atoms with van der Waals surface area (Å²) >= 11 is 6.04. The van der Waals surface area contributed by atoms with Crippen LogP contribution in [0, 0.1) is 12.8 Å². The number of rotatable bonds is 6. The highest BCUT2D eigenvalue weighted by Gasteiger charge is 2.26. The molecular weight excluding hydrogens is 444 g/mol. The third-order valence-corrected chi connectivity index (χ3v) is 6.03. The molecule has 0 saturated carbocycles. The van der Waals surface area contributed by atoms with Crippen molar-refractivity contribution in [2.45, 2.75) is 26.3 Å². The van der Waals surface area contributed by atoms with Crippen LogP contribution < -0.4 is 5.32 Å². The van der Waals surface area contributed by atoms with Gasteiger partial charge in [-0.15, -0.1) is 0 Å². The van der Waals surface area contributed by atoms with Crippen LogP contribution in [0.15, 0.2) is 47.0 Å². The quantitative estimate of drug-likeness (QED) is 0.537. The summed E-state index contributed by atoms with van der Waals surface area (Å²) in [4.78, 5) is 31.3. The van der Waals surface area contributed by atoms with Crippen LogP contribution in [-0.4, -0.2) is 47.1 Å². The van der Waals surface area contributed by atoms with Crippen LogP contribution in [0.4, 0.5) is 5.69 Å². The van der Waals surface area contributed by atoms with Crippen molar-refractivity contribution in [2.24, 2.45) is 5.92 Å². The molecule has 0 unspecified atom stereocenters. The van der Waals surface area contributed by atoms with E-state index < -0.39 is 5.97 Å². The summed E-state index contributed by atoms with van der Waals surface area (Å²) in [5.41, 5.74) is 2.80. The van der Waals surface area contributed by atoms with Gasteiger partial charge in [0, 0.05) is 17.2 Å². The van der Waals surface area contributed by atoms with Crippen molar-refractivity contribution >= 4 is 29.2 Å². The minimum Gasteiger partial charge on any atom is -0.465 e. The Kier molecular flexibility index (Phi) is 7.05. The molecule has 1 N–H and O–H groups in total. The third kappa shape index (κ3) is 5.58. The number of nitrogens with zero attached hydrogens (tertiary/aromatic N) is 3. The normalized spacial score (nSPS) is 14.8. The molecule has 1 amide bonds. The van der Waals surface area contributed by atoms with Crippen LogP contribution in [0.2, 0.25) is 5.02 Å². The molecule has 1 aromatic heterocycles. The number of carbonyl (C=O) groups excluding carboxylic acids is 2. The maximum atomic E-state index is 12.7. The number of aromatic nitrogens is 2. The lowest BCUT2D eigenvalue weighted by Crippen LogP contribution is -2.37. The molecule has 0 radical (unpaired) electrons. The lowest BCUT2D eigenvalue weighted by molar-refractivity contribution is -0.121. The Bertz CT molecular complexity index is 1150. The Morgan fingerprint density at radius 1 is 1.21 bits per heavy atom. The Balaban J connectivity index is 1.30. The lowest BCUT2D eigenvalue weighted by atomic mass is 9.95. The second-order valence-corrected chi connectivity index (χ2v) is 8.51. The van der Waals surface area contributed by atoms with E-state index in [1.54, 1.807) is 12.1 Å². The summed E-state index contributed by atoms with van der Waals surface area (Å²) < 4.78 is 10.2. The zero-order valence-electron chi connectivity index (χ0n) is 18.5. The van der Waals surface area contributed by atoms with Gasteiger partial charge < -0.3 is 14.6 Å². The van der Waals surface area contributed by atoms with Gasteiger partial charge in [0.05, 0.1) is 24.2 Å². The molecule has 4 rings (SSSR count). The van der Waals surface area contributed by atoms with Crippen LogP contribution in [-0.2, 0) is 16.1 Å². The SMILES string of the molecule is COC(=O)c1cc(NC(=O)C2CCN(Cc3nc(-c4cccc(C)c4)no3)CC2)ccc1Cl. The fourth-order valence-corrected chi connectivity index (χ4v) is 4.07. The number of methoxy groups -OCH3 is 1. The highest BCUT2D eigenvalue weighted by Crippen LogP contribution is 2.25. The maximum absolute atomic E-state index is 12.7. The Morgan fingerprint density at radius 3 is 2.73 bits per heavy atom. The van der Waals surface area contributed by atoms with Gasteiger partial charge in [-0.25, -0.2) is 4.79 Å². The Labute approximate surface area is 196 Å². The largest absolute Gasteiger partial charge is 0.465 e. The summed E-state index contributed by atoms with van der Waals surface area (Å²) in [6, 6.07) is 12.7. The summed E-state index contributed by atoms with van der Waals surface area (Å²) in [7, 11) is 1.29.